The van der Waals surface area contributed by atoms with Crippen LogP contribution in [0.1, 0.15) is 17.6 Å². The molecule has 1 saturated heterocycles. The van der Waals surface area contributed by atoms with Gasteiger partial charge in [-0.25, -0.2) is 13.4 Å². The Morgan fingerprint density at radius 2 is 1.97 bits per heavy atom. The Bertz CT molecular complexity index is 1140. The molecule has 0 aliphatic carbocycles. The van der Waals surface area contributed by atoms with Gasteiger partial charge in [-0.05, 0) is 44.3 Å². The van der Waals surface area contributed by atoms with Gasteiger partial charge in [-0.3, -0.25) is 4.90 Å². The lowest BCUT2D eigenvalue weighted by Gasteiger charge is -2.26. The van der Waals surface area contributed by atoms with E-state index in [4.69, 9.17) is 21.3 Å². The van der Waals surface area contributed by atoms with E-state index in [1.54, 1.807) is 23.5 Å². The monoisotopic (exact) mass is 468 g/mol. The molecule has 1 aliphatic heterocycles. The normalized spacial score (nSPS) is 16.0. The van der Waals surface area contributed by atoms with Crippen molar-refractivity contribution in [2.24, 2.45) is 0 Å². The van der Waals surface area contributed by atoms with Gasteiger partial charge in [0.05, 0.1) is 40.0 Å². The molecular weight excluding hydrogens is 444 g/mol. The van der Waals surface area contributed by atoms with Crippen molar-refractivity contribution < 1.29 is 13.2 Å². The molecule has 0 bridgehead atoms. The van der Waals surface area contributed by atoms with Crippen LogP contribution in [0, 0.1) is 0 Å². The van der Waals surface area contributed by atoms with Crippen LogP contribution in [-0.2, 0) is 34.4 Å². The summed E-state index contributed by atoms with van der Waals surface area (Å²) in [6.45, 7) is 5.89. The zero-order chi connectivity index (χ0) is 21.3. The summed E-state index contributed by atoms with van der Waals surface area (Å²) in [4.78, 5) is 8.44. The van der Waals surface area contributed by atoms with E-state index in [2.05, 4.69) is 16.4 Å². The van der Waals surface area contributed by atoms with Gasteiger partial charge in [-0.1, -0.05) is 11.6 Å². The number of aromatic nitrogens is 2. The minimum Gasteiger partial charge on any atom is -0.379 e. The molecule has 2 aromatic heterocycles. The third-order valence-corrected chi connectivity index (χ3v) is 8.30. The van der Waals surface area contributed by atoms with Crippen LogP contribution in [0.4, 0.5) is 0 Å². The molecule has 0 saturated carbocycles. The van der Waals surface area contributed by atoms with Crippen molar-refractivity contribution in [1.29, 1.82) is 0 Å². The highest BCUT2D eigenvalue weighted by molar-refractivity contribution is 7.89. The number of rotatable bonds is 7. The van der Waals surface area contributed by atoms with Gasteiger partial charge in [-0.2, -0.15) is 4.31 Å². The molecule has 3 heterocycles. The Kier molecular flexibility index (Phi) is 6.47. The molecule has 0 unspecified atom stereocenters. The number of imidazole rings is 1. The van der Waals surface area contributed by atoms with Gasteiger partial charge in [0.15, 0.2) is 0 Å². The number of sulfonamides is 1. The Morgan fingerprint density at radius 1 is 1.20 bits per heavy atom. The summed E-state index contributed by atoms with van der Waals surface area (Å²) in [6.07, 6.45) is 0. The maximum absolute atomic E-state index is 13.0. The molecule has 0 radical (unpaired) electrons. The van der Waals surface area contributed by atoms with Crippen LogP contribution in [0.3, 0.4) is 0 Å². The predicted octanol–water partition coefficient (Wildman–Crippen LogP) is 3.42. The zero-order valence-electron chi connectivity index (χ0n) is 17.0. The second kappa shape index (κ2) is 8.94. The summed E-state index contributed by atoms with van der Waals surface area (Å²) in [5.74, 6) is 0.915. The summed E-state index contributed by atoms with van der Waals surface area (Å²) >= 11 is 7.61. The number of aryl methyl sites for hydroxylation is 1. The number of nitrogens with zero attached hydrogens (tertiary/aromatic N) is 4. The van der Waals surface area contributed by atoms with E-state index in [0.717, 1.165) is 28.8 Å². The topological polar surface area (TPSA) is 67.7 Å². The molecule has 162 valence electrons. The van der Waals surface area contributed by atoms with Crippen LogP contribution < -0.4 is 0 Å². The fraction of sp³-hybridized carbons (Fsp3) is 0.450. The van der Waals surface area contributed by atoms with E-state index in [1.807, 2.05) is 25.2 Å². The van der Waals surface area contributed by atoms with Crippen molar-refractivity contribution in [3.63, 3.8) is 0 Å². The van der Waals surface area contributed by atoms with E-state index in [9.17, 15) is 8.42 Å². The fourth-order valence-corrected chi connectivity index (χ4v) is 6.33. The molecule has 1 aromatic carbocycles. The number of morpholine rings is 1. The van der Waals surface area contributed by atoms with Crippen LogP contribution >= 0.6 is 22.9 Å². The minimum atomic E-state index is -3.54. The third-order valence-electron chi connectivity index (χ3n) is 5.19. The second-order valence-corrected chi connectivity index (χ2v) is 11.1. The van der Waals surface area contributed by atoms with E-state index in [0.29, 0.717) is 38.4 Å². The minimum absolute atomic E-state index is 0.283. The number of hydrogen-bond donors (Lipinski definition) is 0. The summed E-state index contributed by atoms with van der Waals surface area (Å²) in [5.41, 5.74) is 1.65. The molecule has 1 aliphatic rings. The number of ether oxygens (including phenoxy) is 1. The van der Waals surface area contributed by atoms with Gasteiger partial charge in [0, 0.05) is 31.1 Å². The van der Waals surface area contributed by atoms with E-state index >= 15 is 0 Å². The summed E-state index contributed by atoms with van der Waals surface area (Å²) in [6, 6.07) is 9.18. The zero-order valence-corrected chi connectivity index (χ0v) is 19.4. The molecule has 7 nitrogen and oxygen atoms in total. The van der Waals surface area contributed by atoms with E-state index in [-0.39, 0.29) is 4.90 Å². The summed E-state index contributed by atoms with van der Waals surface area (Å²) in [7, 11) is -1.50. The average molecular weight is 469 g/mol. The predicted molar refractivity (Wildman–Crippen MR) is 119 cm³/mol. The standard InChI is InChI=1S/C20H25ClN4O3S2/c1-3-25-18-6-5-16(30(26,27)24-8-10-28-11-9-24)12-17(18)22-20(25)14-23(2)13-15-4-7-19(21)29-15/h4-7,12H,3,8-11,13-14H2,1-2H3. The van der Waals surface area contributed by atoms with Crippen LogP contribution in [0.2, 0.25) is 4.34 Å². The highest BCUT2D eigenvalue weighted by Crippen LogP contribution is 2.25. The van der Waals surface area contributed by atoms with Gasteiger partial charge in [-0.15, -0.1) is 11.3 Å². The fourth-order valence-electron chi connectivity index (χ4n) is 3.73. The van der Waals surface area contributed by atoms with E-state index < -0.39 is 10.0 Å². The maximum Gasteiger partial charge on any atom is 0.243 e. The SMILES string of the molecule is CCn1c(CN(C)Cc2ccc(Cl)s2)nc2cc(S(=O)(=O)N3CCOCC3)ccc21. The lowest BCUT2D eigenvalue weighted by atomic mass is 10.3. The first-order valence-corrected chi connectivity index (χ1v) is 12.5. The van der Waals surface area contributed by atoms with Gasteiger partial charge < -0.3 is 9.30 Å². The summed E-state index contributed by atoms with van der Waals surface area (Å²) < 4.78 is 35.7. The average Bonchev–Trinajstić information content (AvgIpc) is 3.29. The Morgan fingerprint density at radius 3 is 2.63 bits per heavy atom. The number of thiophene rings is 1. The Balaban J connectivity index is 1.60. The van der Waals surface area contributed by atoms with Gasteiger partial charge >= 0.3 is 0 Å². The smallest absolute Gasteiger partial charge is 0.243 e. The second-order valence-electron chi connectivity index (χ2n) is 7.32. The first kappa shape index (κ1) is 21.7. The lowest BCUT2D eigenvalue weighted by Crippen LogP contribution is -2.40. The largest absolute Gasteiger partial charge is 0.379 e. The Hall–Kier alpha value is -1.49. The Labute approximate surface area is 185 Å². The maximum atomic E-state index is 13.0. The van der Waals surface area contributed by atoms with Gasteiger partial charge in [0.2, 0.25) is 10.0 Å². The summed E-state index contributed by atoms with van der Waals surface area (Å²) in [5, 5.41) is 0. The molecule has 0 spiro atoms. The van der Waals surface area contributed by atoms with Crippen molar-refractivity contribution in [2.45, 2.75) is 31.5 Å². The van der Waals surface area contributed by atoms with Gasteiger partial charge in [0.1, 0.15) is 5.82 Å². The molecular formula is C20H25ClN4O3S2. The van der Waals surface area contributed by atoms with Crippen molar-refractivity contribution in [3.8, 4) is 0 Å². The van der Waals surface area contributed by atoms with Crippen LogP contribution in [0.15, 0.2) is 35.2 Å². The molecule has 1 fully saturated rings. The molecule has 4 rings (SSSR count). The van der Waals surface area contributed by atoms with Crippen LogP contribution in [0.5, 0.6) is 0 Å². The molecule has 0 N–H and O–H groups in total. The number of halogens is 1. The van der Waals surface area contributed by atoms with Gasteiger partial charge in [0.25, 0.3) is 0 Å². The first-order valence-electron chi connectivity index (χ1n) is 9.88. The highest BCUT2D eigenvalue weighted by Gasteiger charge is 2.27. The lowest BCUT2D eigenvalue weighted by molar-refractivity contribution is 0.0730. The highest BCUT2D eigenvalue weighted by atomic mass is 35.5. The molecule has 30 heavy (non-hydrogen) atoms. The van der Waals surface area contributed by atoms with Crippen molar-refractivity contribution in [3.05, 3.63) is 45.4 Å². The number of hydrogen-bond acceptors (Lipinski definition) is 6. The molecule has 0 atom stereocenters. The van der Waals surface area contributed by atoms with Crippen LogP contribution in [0.25, 0.3) is 11.0 Å². The molecule has 10 heteroatoms. The quantitative estimate of drug-likeness (QED) is 0.531. The van der Waals surface area contributed by atoms with Crippen molar-refractivity contribution >= 4 is 44.0 Å². The molecule has 3 aromatic rings. The van der Waals surface area contributed by atoms with Crippen LogP contribution in [-0.4, -0.2) is 60.5 Å². The number of fused-ring (bicyclic) bond motifs is 1. The van der Waals surface area contributed by atoms with E-state index in [1.165, 1.54) is 9.18 Å². The first-order chi connectivity index (χ1) is 14.4. The molecule has 0 amide bonds. The van der Waals surface area contributed by atoms with Crippen molar-refractivity contribution in [2.75, 3.05) is 33.4 Å². The third kappa shape index (κ3) is 4.42. The van der Waals surface area contributed by atoms with Crippen molar-refractivity contribution in [1.82, 2.24) is 18.8 Å². The number of benzene rings is 1.